The van der Waals surface area contributed by atoms with E-state index in [1.54, 1.807) is 23.1 Å². The van der Waals surface area contributed by atoms with Gasteiger partial charge in [-0.1, -0.05) is 42.6 Å². The molecular weight excluding hydrogens is 414 g/mol. The number of halogens is 1. The minimum atomic E-state index is -0.691. The van der Waals surface area contributed by atoms with E-state index < -0.39 is 6.04 Å². The van der Waals surface area contributed by atoms with Gasteiger partial charge in [-0.15, -0.1) is 0 Å². The van der Waals surface area contributed by atoms with E-state index >= 15 is 0 Å². The lowest BCUT2D eigenvalue weighted by atomic mass is 10.0. The number of nitrogens with one attached hydrogen (secondary N) is 2. The van der Waals surface area contributed by atoms with Crippen LogP contribution >= 0.6 is 11.6 Å². The van der Waals surface area contributed by atoms with Gasteiger partial charge in [0.05, 0.1) is 17.3 Å². The molecule has 0 radical (unpaired) electrons. The zero-order chi connectivity index (χ0) is 21.5. The lowest BCUT2D eigenvalue weighted by Gasteiger charge is -2.25. The molecule has 1 saturated heterocycles. The molecule has 6 nitrogen and oxygen atoms in total. The Morgan fingerprint density at radius 1 is 1.00 bits per heavy atom. The molecule has 160 valence electrons. The first-order valence-corrected chi connectivity index (χ1v) is 11.2. The lowest BCUT2D eigenvalue weighted by molar-refractivity contribution is -0.126. The molecule has 2 heterocycles. The normalized spacial score (nSPS) is 23.2. The Morgan fingerprint density at radius 3 is 2.45 bits per heavy atom. The van der Waals surface area contributed by atoms with Gasteiger partial charge in [-0.2, -0.15) is 0 Å². The van der Waals surface area contributed by atoms with Gasteiger partial charge in [-0.25, -0.2) is 0 Å². The highest BCUT2D eigenvalue weighted by atomic mass is 35.5. The van der Waals surface area contributed by atoms with Crippen LogP contribution in [0.3, 0.4) is 0 Å². The van der Waals surface area contributed by atoms with Crippen LogP contribution in [0.25, 0.3) is 11.1 Å². The van der Waals surface area contributed by atoms with Gasteiger partial charge in [0.1, 0.15) is 6.04 Å². The fourth-order valence-corrected chi connectivity index (χ4v) is 5.12. The standard InChI is InChI=1S/C24H24ClN3O3/c25-17-8-5-14(6-9-17)16-7-10-19-18(13-16)24(31)28-12-11-20(21(28)23(30)26-19)27-22(29)15-3-1-2-4-15/h5-10,13,15,20-21H,1-4,11-12H2,(H,26,30)(H,27,29). The first-order valence-electron chi connectivity index (χ1n) is 10.8. The summed E-state index contributed by atoms with van der Waals surface area (Å²) in [5.41, 5.74) is 2.78. The Morgan fingerprint density at radius 2 is 1.71 bits per heavy atom. The van der Waals surface area contributed by atoms with E-state index in [4.69, 9.17) is 11.6 Å². The highest BCUT2D eigenvalue weighted by Crippen LogP contribution is 2.33. The molecule has 2 aliphatic heterocycles. The van der Waals surface area contributed by atoms with Gasteiger partial charge in [-0.3, -0.25) is 14.4 Å². The zero-order valence-corrected chi connectivity index (χ0v) is 17.8. The SMILES string of the molecule is O=C(NC1CCN2C(=O)c3cc(-c4ccc(Cl)cc4)ccc3NC(=O)C12)C1CCCC1. The number of carbonyl (C=O) groups is 3. The number of amides is 3. The summed E-state index contributed by atoms with van der Waals surface area (Å²) in [6, 6.07) is 11.8. The summed E-state index contributed by atoms with van der Waals surface area (Å²) < 4.78 is 0. The number of hydrogen-bond acceptors (Lipinski definition) is 3. The van der Waals surface area contributed by atoms with Gasteiger partial charge < -0.3 is 15.5 Å². The summed E-state index contributed by atoms with van der Waals surface area (Å²) in [5, 5.41) is 6.62. The van der Waals surface area contributed by atoms with Gasteiger partial charge in [-0.05, 0) is 54.7 Å². The van der Waals surface area contributed by atoms with Crippen molar-refractivity contribution in [2.24, 2.45) is 5.92 Å². The molecule has 2 fully saturated rings. The van der Waals surface area contributed by atoms with Crippen molar-refractivity contribution in [1.82, 2.24) is 10.2 Å². The minimum absolute atomic E-state index is 0.0105. The largest absolute Gasteiger partial charge is 0.350 e. The van der Waals surface area contributed by atoms with Gasteiger partial charge >= 0.3 is 0 Å². The molecule has 0 aromatic heterocycles. The van der Waals surface area contributed by atoms with E-state index in [0.29, 0.717) is 29.2 Å². The van der Waals surface area contributed by atoms with Crippen molar-refractivity contribution in [2.45, 2.75) is 44.2 Å². The number of anilines is 1. The molecule has 2 aromatic carbocycles. The summed E-state index contributed by atoms with van der Waals surface area (Å²) in [6.45, 7) is 0.442. The van der Waals surface area contributed by atoms with Crippen molar-refractivity contribution >= 4 is 35.0 Å². The molecule has 2 N–H and O–H groups in total. The van der Waals surface area contributed by atoms with E-state index in [1.807, 2.05) is 24.3 Å². The molecule has 3 aliphatic rings. The Labute approximate surface area is 185 Å². The Bertz CT molecular complexity index is 1050. The minimum Gasteiger partial charge on any atom is -0.350 e. The molecule has 7 heteroatoms. The monoisotopic (exact) mass is 437 g/mol. The van der Waals surface area contributed by atoms with E-state index in [9.17, 15) is 14.4 Å². The molecule has 1 aliphatic carbocycles. The van der Waals surface area contributed by atoms with Crippen molar-refractivity contribution in [1.29, 1.82) is 0 Å². The van der Waals surface area contributed by atoms with Crippen LogP contribution in [0.1, 0.15) is 42.5 Å². The molecule has 2 unspecified atom stereocenters. The Hall–Kier alpha value is -2.86. The van der Waals surface area contributed by atoms with Crippen LogP contribution in [0.4, 0.5) is 5.69 Å². The van der Waals surface area contributed by atoms with Gasteiger partial charge in [0.2, 0.25) is 11.8 Å². The fraction of sp³-hybridized carbons (Fsp3) is 0.375. The van der Waals surface area contributed by atoms with Crippen molar-refractivity contribution in [3.8, 4) is 11.1 Å². The molecule has 1 saturated carbocycles. The van der Waals surface area contributed by atoms with E-state index in [0.717, 1.165) is 36.8 Å². The van der Waals surface area contributed by atoms with Crippen LogP contribution in [0.15, 0.2) is 42.5 Å². The second kappa shape index (κ2) is 8.00. The van der Waals surface area contributed by atoms with Crippen molar-refractivity contribution in [3.05, 3.63) is 53.1 Å². The van der Waals surface area contributed by atoms with Gasteiger partial charge in [0.15, 0.2) is 0 Å². The van der Waals surface area contributed by atoms with Gasteiger partial charge in [0, 0.05) is 17.5 Å². The van der Waals surface area contributed by atoms with E-state index in [1.165, 1.54) is 0 Å². The molecule has 31 heavy (non-hydrogen) atoms. The summed E-state index contributed by atoms with van der Waals surface area (Å²) in [5.74, 6) is -0.401. The maximum Gasteiger partial charge on any atom is 0.256 e. The number of carbonyl (C=O) groups excluding carboxylic acids is 3. The highest BCUT2D eigenvalue weighted by Gasteiger charge is 2.45. The fourth-order valence-electron chi connectivity index (χ4n) is 5.00. The average molecular weight is 438 g/mol. The predicted octanol–water partition coefficient (Wildman–Crippen LogP) is 3.85. The maximum atomic E-state index is 13.4. The summed E-state index contributed by atoms with van der Waals surface area (Å²) >= 11 is 5.99. The zero-order valence-electron chi connectivity index (χ0n) is 17.1. The number of rotatable bonds is 3. The van der Waals surface area contributed by atoms with Crippen LogP contribution in [0.5, 0.6) is 0 Å². The quantitative estimate of drug-likeness (QED) is 0.765. The molecule has 2 aromatic rings. The molecule has 3 amide bonds. The first kappa shape index (κ1) is 20.1. The molecular formula is C24H24ClN3O3. The van der Waals surface area contributed by atoms with Crippen molar-refractivity contribution < 1.29 is 14.4 Å². The molecule has 0 bridgehead atoms. The third-order valence-corrected chi connectivity index (χ3v) is 6.92. The summed E-state index contributed by atoms with van der Waals surface area (Å²) in [7, 11) is 0. The lowest BCUT2D eigenvalue weighted by Crippen LogP contribution is -2.52. The molecule has 5 rings (SSSR count). The Balaban J connectivity index is 1.41. The average Bonchev–Trinajstić information content (AvgIpc) is 3.42. The van der Waals surface area contributed by atoms with Crippen LogP contribution in [-0.4, -0.2) is 41.2 Å². The third-order valence-electron chi connectivity index (χ3n) is 6.67. The predicted molar refractivity (Wildman–Crippen MR) is 119 cm³/mol. The smallest absolute Gasteiger partial charge is 0.256 e. The van der Waals surface area contributed by atoms with E-state index in [2.05, 4.69) is 10.6 Å². The highest BCUT2D eigenvalue weighted by molar-refractivity contribution is 6.30. The number of benzene rings is 2. The van der Waals surface area contributed by atoms with Gasteiger partial charge in [0.25, 0.3) is 5.91 Å². The second-order valence-corrected chi connectivity index (χ2v) is 9.02. The van der Waals surface area contributed by atoms with Crippen molar-refractivity contribution in [2.75, 3.05) is 11.9 Å². The van der Waals surface area contributed by atoms with Crippen LogP contribution in [0.2, 0.25) is 5.02 Å². The summed E-state index contributed by atoms with van der Waals surface area (Å²) in [6.07, 6.45) is 4.52. The Kier molecular flexibility index (Phi) is 5.18. The van der Waals surface area contributed by atoms with Crippen LogP contribution in [0, 0.1) is 5.92 Å². The second-order valence-electron chi connectivity index (χ2n) is 8.59. The maximum absolute atomic E-state index is 13.4. The number of fused-ring (bicyclic) bond motifs is 2. The first-order chi connectivity index (χ1) is 15.0. The van der Waals surface area contributed by atoms with Crippen LogP contribution in [-0.2, 0) is 9.59 Å². The number of hydrogen-bond donors (Lipinski definition) is 2. The van der Waals surface area contributed by atoms with Crippen LogP contribution < -0.4 is 10.6 Å². The summed E-state index contributed by atoms with van der Waals surface area (Å²) in [4.78, 5) is 40.7. The molecule has 0 spiro atoms. The third kappa shape index (κ3) is 3.69. The van der Waals surface area contributed by atoms with E-state index in [-0.39, 0.29) is 29.7 Å². The number of nitrogens with zero attached hydrogens (tertiary/aromatic N) is 1. The molecule has 2 atom stereocenters. The topological polar surface area (TPSA) is 78.5 Å². The van der Waals surface area contributed by atoms with Crippen molar-refractivity contribution in [3.63, 3.8) is 0 Å².